The zero-order chi connectivity index (χ0) is 24.3. The Morgan fingerprint density at radius 1 is 1.00 bits per heavy atom. The van der Waals surface area contributed by atoms with E-state index < -0.39 is 0 Å². The maximum atomic E-state index is 14.1. The Kier molecular flexibility index (Phi) is 9.22. The van der Waals surface area contributed by atoms with Gasteiger partial charge >= 0.3 is 6.03 Å². The Morgan fingerprint density at radius 2 is 1.74 bits per heavy atom. The number of halogens is 1. The molecule has 7 nitrogen and oxygen atoms in total. The van der Waals surface area contributed by atoms with Gasteiger partial charge in [0.05, 0.1) is 13.2 Å². The van der Waals surface area contributed by atoms with E-state index in [2.05, 4.69) is 10.3 Å². The molecule has 0 saturated carbocycles. The van der Waals surface area contributed by atoms with Crippen molar-refractivity contribution < 1.29 is 18.7 Å². The number of rotatable bonds is 11. The molecule has 34 heavy (non-hydrogen) atoms. The Hall–Kier alpha value is -3.65. The molecule has 0 radical (unpaired) electrons. The number of carbonyl (C=O) groups excluding carboxylic acids is 1. The van der Waals surface area contributed by atoms with Crippen LogP contribution in [0.2, 0.25) is 0 Å². The second-order valence-corrected chi connectivity index (χ2v) is 7.96. The SMILES string of the molecule is CCOc1ccccc1Oc1ccc(CNC(=O)N(CCN(C)C)Cc2ccccc2F)cn1. The zero-order valence-corrected chi connectivity index (χ0v) is 19.8. The van der Waals surface area contributed by atoms with Gasteiger partial charge in [0, 0.05) is 37.5 Å². The fourth-order valence-electron chi connectivity index (χ4n) is 3.19. The van der Waals surface area contributed by atoms with Crippen LogP contribution < -0.4 is 14.8 Å². The van der Waals surface area contributed by atoms with Crippen molar-refractivity contribution >= 4 is 6.03 Å². The quantitative estimate of drug-likeness (QED) is 0.444. The van der Waals surface area contributed by atoms with Crippen LogP contribution in [0.25, 0.3) is 0 Å². The van der Waals surface area contributed by atoms with E-state index in [1.165, 1.54) is 6.07 Å². The Labute approximate surface area is 200 Å². The van der Waals surface area contributed by atoms with Crippen molar-refractivity contribution in [1.29, 1.82) is 0 Å². The van der Waals surface area contributed by atoms with Gasteiger partial charge in [0.2, 0.25) is 5.88 Å². The molecule has 0 aliphatic carbocycles. The Morgan fingerprint density at radius 3 is 2.41 bits per heavy atom. The zero-order valence-electron chi connectivity index (χ0n) is 19.8. The molecule has 0 fully saturated rings. The van der Waals surface area contributed by atoms with Gasteiger partial charge in [0.15, 0.2) is 11.5 Å². The van der Waals surface area contributed by atoms with E-state index in [0.29, 0.717) is 42.6 Å². The molecule has 0 aliphatic rings. The summed E-state index contributed by atoms with van der Waals surface area (Å²) in [6.07, 6.45) is 1.65. The number of pyridine rings is 1. The van der Waals surface area contributed by atoms with Crippen LogP contribution in [0.1, 0.15) is 18.1 Å². The molecule has 180 valence electrons. The molecule has 8 heteroatoms. The van der Waals surface area contributed by atoms with Gasteiger partial charge in [-0.3, -0.25) is 0 Å². The lowest BCUT2D eigenvalue weighted by atomic mass is 10.2. The summed E-state index contributed by atoms with van der Waals surface area (Å²) in [4.78, 5) is 20.8. The van der Waals surface area contributed by atoms with Crippen molar-refractivity contribution in [1.82, 2.24) is 20.1 Å². The van der Waals surface area contributed by atoms with Gasteiger partial charge in [-0.1, -0.05) is 36.4 Å². The first-order valence-electron chi connectivity index (χ1n) is 11.2. The summed E-state index contributed by atoms with van der Waals surface area (Å²) >= 11 is 0. The van der Waals surface area contributed by atoms with E-state index in [1.54, 1.807) is 35.4 Å². The summed E-state index contributed by atoms with van der Waals surface area (Å²) in [5, 5.41) is 2.90. The number of nitrogens with zero attached hydrogens (tertiary/aromatic N) is 3. The standard InChI is InChI=1S/C26H31FN4O3/c1-4-33-23-11-7-8-12-24(23)34-25-14-13-20(17-28-25)18-29-26(32)31(16-15-30(2)3)19-21-9-5-6-10-22(21)27/h5-14,17H,4,15-16,18-19H2,1-3H3,(H,29,32). The van der Waals surface area contributed by atoms with Crippen molar-refractivity contribution in [3.63, 3.8) is 0 Å². The lowest BCUT2D eigenvalue weighted by molar-refractivity contribution is 0.187. The highest BCUT2D eigenvalue weighted by molar-refractivity contribution is 5.74. The molecule has 1 aromatic heterocycles. The number of likely N-dealkylation sites (N-methyl/N-ethyl adjacent to an activating group) is 1. The van der Waals surface area contributed by atoms with Crippen LogP contribution >= 0.6 is 0 Å². The van der Waals surface area contributed by atoms with Crippen LogP contribution in [-0.4, -0.2) is 54.6 Å². The fourth-order valence-corrected chi connectivity index (χ4v) is 3.19. The summed E-state index contributed by atoms with van der Waals surface area (Å²) in [5.41, 5.74) is 1.30. The first-order chi connectivity index (χ1) is 16.5. The maximum Gasteiger partial charge on any atom is 0.318 e. The monoisotopic (exact) mass is 466 g/mol. The summed E-state index contributed by atoms with van der Waals surface area (Å²) in [7, 11) is 3.86. The minimum Gasteiger partial charge on any atom is -0.490 e. The fraction of sp³-hybridized carbons (Fsp3) is 0.308. The molecule has 2 amide bonds. The summed E-state index contributed by atoms with van der Waals surface area (Å²) in [6, 6.07) is 17.2. The lowest BCUT2D eigenvalue weighted by Gasteiger charge is -2.25. The van der Waals surface area contributed by atoms with Gasteiger partial charge in [-0.2, -0.15) is 0 Å². The molecule has 0 saturated heterocycles. The number of amides is 2. The molecule has 1 heterocycles. The van der Waals surface area contributed by atoms with Crippen LogP contribution in [0.5, 0.6) is 17.4 Å². The van der Waals surface area contributed by atoms with E-state index in [1.807, 2.05) is 56.3 Å². The number of hydrogen-bond acceptors (Lipinski definition) is 5. The van der Waals surface area contributed by atoms with Gasteiger partial charge in [-0.25, -0.2) is 14.2 Å². The topological polar surface area (TPSA) is 66.9 Å². The molecular formula is C26H31FN4O3. The van der Waals surface area contributed by atoms with Crippen molar-refractivity contribution in [2.75, 3.05) is 33.8 Å². The minimum atomic E-state index is -0.323. The number of para-hydroxylation sites is 2. The van der Waals surface area contributed by atoms with E-state index in [-0.39, 0.29) is 24.9 Å². The average Bonchev–Trinajstić information content (AvgIpc) is 2.83. The molecule has 0 bridgehead atoms. The Bertz CT molecular complexity index is 1060. The molecule has 0 aliphatic heterocycles. The number of ether oxygens (including phenoxy) is 2. The Balaban J connectivity index is 1.60. The van der Waals surface area contributed by atoms with Gasteiger partial charge in [-0.15, -0.1) is 0 Å². The number of urea groups is 1. The molecule has 0 unspecified atom stereocenters. The number of hydrogen-bond donors (Lipinski definition) is 1. The highest BCUT2D eigenvalue weighted by Gasteiger charge is 2.16. The first kappa shape index (κ1) is 25.0. The van der Waals surface area contributed by atoms with E-state index >= 15 is 0 Å². The highest BCUT2D eigenvalue weighted by atomic mass is 19.1. The second kappa shape index (κ2) is 12.6. The normalized spacial score (nSPS) is 10.7. The third-order valence-electron chi connectivity index (χ3n) is 5.03. The third-order valence-corrected chi connectivity index (χ3v) is 5.03. The van der Waals surface area contributed by atoms with Crippen molar-refractivity contribution in [3.05, 3.63) is 83.8 Å². The molecule has 2 aromatic carbocycles. The van der Waals surface area contributed by atoms with Crippen LogP contribution in [0.3, 0.4) is 0 Å². The number of nitrogens with one attached hydrogen (secondary N) is 1. The predicted molar refractivity (Wildman–Crippen MR) is 130 cm³/mol. The van der Waals surface area contributed by atoms with E-state index in [4.69, 9.17) is 9.47 Å². The smallest absolute Gasteiger partial charge is 0.318 e. The number of carbonyl (C=O) groups is 1. The first-order valence-corrected chi connectivity index (χ1v) is 11.2. The maximum absolute atomic E-state index is 14.1. The average molecular weight is 467 g/mol. The molecule has 0 spiro atoms. The second-order valence-electron chi connectivity index (χ2n) is 7.96. The molecule has 3 aromatic rings. The highest BCUT2D eigenvalue weighted by Crippen LogP contribution is 2.30. The minimum absolute atomic E-state index is 0.191. The molecule has 1 N–H and O–H groups in total. The van der Waals surface area contributed by atoms with E-state index in [0.717, 1.165) is 5.56 Å². The van der Waals surface area contributed by atoms with Gasteiger partial charge in [0.1, 0.15) is 5.82 Å². The molecule has 3 rings (SSSR count). The van der Waals surface area contributed by atoms with E-state index in [9.17, 15) is 9.18 Å². The predicted octanol–water partition coefficient (Wildman–Crippen LogP) is 4.69. The van der Waals surface area contributed by atoms with Crippen molar-refractivity contribution in [3.8, 4) is 17.4 Å². The molecule has 0 atom stereocenters. The van der Waals surface area contributed by atoms with Crippen molar-refractivity contribution in [2.24, 2.45) is 0 Å². The van der Waals surface area contributed by atoms with Crippen molar-refractivity contribution in [2.45, 2.75) is 20.0 Å². The van der Waals surface area contributed by atoms with Crippen LogP contribution in [0.4, 0.5) is 9.18 Å². The lowest BCUT2D eigenvalue weighted by Crippen LogP contribution is -2.42. The van der Waals surface area contributed by atoms with Crippen LogP contribution in [-0.2, 0) is 13.1 Å². The number of benzene rings is 2. The summed E-state index contributed by atoms with van der Waals surface area (Å²) in [5.74, 6) is 1.34. The third kappa shape index (κ3) is 7.45. The largest absolute Gasteiger partial charge is 0.490 e. The number of aromatic nitrogens is 1. The summed E-state index contributed by atoms with van der Waals surface area (Å²) < 4.78 is 25.5. The molecular weight excluding hydrogens is 435 g/mol. The van der Waals surface area contributed by atoms with Crippen LogP contribution in [0, 0.1) is 5.82 Å². The van der Waals surface area contributed by atoms with Crippen LogP contribution in [0.15, 0.2) is 66.9 Å². The summed E-state index contributed by atoms with van der Waals surface area (Å²) in [6.45, 7) is 4.06. The van der Waals surface area contributed by atoms with Gasteiger partial charge in [-0.05, 0) is 44.8 Å². The van der Waals surface area contributed by atoms with Gasteiger partial charge < -0.3 is 24.6 Å². The van der Waals surface area contributed by atoms with Gasteiger partial charge in [0.25, 0.3) is 0 Å².